The van der Waals surface area contributed by atoms with Crippen molar-refractivity contribution < 1.29 is 4.74 Å². The Morgan fingerprint density at radius 3 is 2.82 bits per heavy atom. The topological polar surface area (TPSA) is 36.9 Å². The van der Waals surface area contributed by atoms with E-state index in [0.717, 1.165) is 45.0 Å². The van der Waals surface area contributed by atoms with Gasteiger partial charge < -0.3 is 15.0 Å². The van der Waals surface area contributed by atoms with Gasteiger partial charge in [-0.3, -0.25) is 4.99 Å². The van der Waals surface area contributed by atoms with Gasteiger partial charge in [-0.05, 0) is 50.1 Å². The fourth-order valence-corrected chi connectivity index (χ4v) is 4.37. The zero-order valence-corrected chi connectivity index (χ0v) is 18.2. The van der Waals surface area contributed by atoms with E-state index in [1.165, 1.54) is 22.4 Å². The van der Waals surface area contributed by atoms with Crippen molar-refractivity contribution in [3.63, 3.8) is 0 Å². The summed E-state index contributed by atoms with van der Waals surface area (Å²) in [5, 5.41) is 5.59. The number of ether oxygens (including phenoxy) is 1. The van der Waals surface area contributed by atoms with Crippen molar-refractivity contribution in [1.82, 2.24) is 10.2 Å². The lowest BCUT2D eigenvalue weighted by Crippen LogP contribution is -2.40. The van der Waals surface area contributed by atoms with Crippen LogP contribution in [0.4, 0.5) is 0 Å². The Morgan fingerprint density at radius 2 is 2.11 bits per heavy atom. The smallest absolute Gasteiger partial charge is 0.193 e. The molecule has 152 valence electrons. The minimum Gasteiger partial charge on any atom is -0.373 e. The van der Waals surface area contributed by atoms with Crippen LogP contribution in [-0.4, -0.2) is 44.1 Å². The van der Waals surface area contributed by atoms with Gasteiger partial charge in [0.1, 0.15) is 0 Å². The molecule has 0 aliphatic carbocycles. The second kappa shape index (κ2) is 10.6. The highest BCUT2D eigenvalue weighted by molar-refractivity contribution is 7.09. The van der Waals surface area contributed by atoms with E-state index < -0.39 is 0 Å². The molecule has 1 aromatic heterocycles. The summed E-state index contributed by atoms with van der Waals surface area (Å²) in [5.74, 6) is 1.42. The molecule has 2 unspecified atom stereocenters. The molecule has 3 rings (SSSR count). The predicted octanol–water partition coefficient (Wildman–Crippen LogP) is 4.66. The van der Waals surface area contributed by atoms with Crippen molar-refractivity contribution in [3.05, 3.63) is 57.8 Å². The Bertz CT molecular complexity index is 727. The average Bonchev–Trinajstić information content (AvgIpc) is 3.24. The largest absolute Gasteiger partial charge is 0.373 e. The number of hydrogen-bond acceptors (Lipinski definition) is 3. The summed E-state index contributed by atoms with van der Waals surface area (Å²) in [6.45, 7) is 7.74. The average molecular weight is 400 g/mol. The Labute approximate surface area is 173 Å². The van der Waals surface area contributed by atoms with Crippen LogP contribution in [0.15, 0.2) is 46.8 Å². The lowest BCUT2D eigenvalue weighted by Gasteiger charge is -2.32. The molecule has 2 atom stereocenters. The van der Waals surface area contributed by atoms with Crippen LogP contribution in [0.1, 0.15) is 41.9 Å². The number of aliphatic imine (C=N–C) groups is 1. The number of guanidine groups is 1. The van der Waals surface area contributed by atoms with Gasteiger partial charge in [0.05, 0.1) is 6.10 Å². The number of rotatable bonds is 7. The lowest BCUT2D eigenvalue weighted by molar-refractivity contribution is -0.0250. The molecule has 2 aromatic rings. The number of hydrogen-bond donors (Lipinski definition) is 1. The molecule has 5 heteroatoms. The van der Waals surface area contributed by atoms with Gasteiger partial charge in [0.2, 0.25) is 0 Å². The molecule has 1 N–H and O–H groups in total. The minimum absolute atomic E-state index is 0.150. The molecule has 1 aromatic carbocycles. The number of nitrogens with one attached hydrogen (secondary N) is 1. The first-order valence-electron chi connectivity index (χ1n) is 10.4. The third-order valence-electron chi connectivity index (χ3n) is 5.30. The van der Waals surface area contributed by atoms with Gasteiger partial charge in [-0.15, -0.1) is 11.3 Å². The Hall–Kier alpha value is -1.85. The number of thiophene rings is 1. The molecule has 1 fully saturated rings. The summed E-state index contributed by atoms with van der Waals surface area (Å²) in [6, 6.07) is 13.1. The summed E-state index contributed by atoms with van der Waals surface area (Å²) in [4.78, 5) is 8.65. The first-order valence-corrected chi connectivity index (χ1v) is 11.3. The molecule has 0 bridgehead atoms. The van der Waals surface area contributed by atoms with E-state index in [-0.39, 0.29) is 6.10 Å². The molecule has 1 aliphatic heterocycles. The summed E-state index contributed by atoms with van der Waals surface area (Å²) in [5.41, 5.74) is 2.57. The van der Waals surface area contributed by atoms with Crippen molar-refractivity contribution in [2.45, 2.75) is 39.2 Å². The highest BCUT2D eigenvalue weighted by atomic mass is 32.1. The zero-order valence-electron chi connectivity index (χ0n) is 17.4. The molecule has 2 heterocycles. The fraction of sp³-hybridized carbons (Fsp3) is 0.522. The molecule has 0 radical (unpaired) electrons. The molecule has 0 amide bonds. The molecule has 4 nitrogen and oxygen atoms in total. The molecule has 28 heavy (non-hydrogen) atoms. The Morgan fingerprint density at radius 1 is 1.29 bits per heavy atom. The van der Waals surface area contributed by atoms with Gasteiger partial charge in [-0.2, -0.15) is 0 Å². The molecular formula is C23H33N3OS. The minimum atomic E-state index is 0.150. The van der Waals surface area contributed by atoms with E-state index in [2.05, 4.69) is 72.9 Å². The van der Waals surface area contributed by atoms with E-state index in [4.69, 9.17) is 9.73 Å². The normalized spacial score (nSPS) is 20.2. The maximum absolute atomic E-state index is 6.16. The van der Waals surface area contributed by atoms with Crippen LogP contribution in [0.25, 0.3) is 0 Å². The van der Waals surface area contributed by atoms with Crippen LogP contribution in [0.3, 0.4) is 0 Å². The second-order valence-corrected chi connectivity index (χ2v) is 8.58. The fourth-order valence-electron chi connectivity index (χ4n) is 3.67. The van der Waals surface area contributed by atoms with Crippen molar-refractivity contribution in [2.75, 3.05) is 33.3 Å². The van der Waals surface area contributed by atoms with Gasteiger partial charge in [0.25, 0.3) is 0 Å². The standard InChI is InChI=1S/C23H33N3OS/c1-4-24-23(26(3)14-13-21-8-6-16-28-21)25-17-20-7-5-15-27-22(20)19-11-9-18(2)10-12-19/h6,8-12,16,20,22H,4-5,7,13-15,17H2,1-3H3,(H,24,25). The maximum atomic E-state index is 6.16. The Kier molecular flexibility index (Phi) is 7.92. The van der Waals surface area contributed by atoms with Crippen LogP contribution in [-0.2, 0) is 11.2 Å². The quantitative estimate of drug-likeness (QED) is 0.543. The summed E-state index contributed by atoms with van der Waals surface area (Å²) in [7, 11) is 2.13. The summed E-state index contributed by atoms with van der Waals surface area (Å²) < 4.78 is 6.16. The molecule has 0 spiro atoms. The number of likely N-dealkylation sites (N-methyl/N-ethyl adjacent to an activating group) is 1. The molecular weight excluding hydrogens is 366 g/mol. The monoisotopic (exact) mass is 399 g/mol. The predicted molar refractivity (Wildman–Crippen MR) is 119 cm³/mol. The SMILES string of the molecule is CCNC(=NCC1CCCOC1c1ccc(C)cc1)N(C)CCc1cccs1. The highest BCUT2D eigenvalue weighted by Gasteiger charge is 2.27. The Balaban J connectivity index is 1.64. The highest BCUT2D eigenvalue weighted by Crippen LogP contribution is 2.34. The van der Waals surface area contributed by atoms with Gasteiger partial charge in [0, 0.05) is 44.1 Å². The van der Waals surface area contributed by atoms with Gasteiger partial charge in [-0.25, -0.2) is 0 Å². The first-order chi connectivity index (χ1) is 13.7. The first kappa shape index (κ1) is 20.9. The third-order valence-corrected chi connectivity index (χ3v) is 6.23. The second-order valence-electron chi connectivity index (χ2n) is 7.55. The lowest BCUT2D eigenvalue weighted by atomic mass is 9.89. The van der Waals surface area contributed by atoms with Crippen LogP contribution in [0.2, 0.25) is 0 Å². The summed E-state index contributed by atoms with van der Waals surface area (Å²) in [6.07, 6.45) is 3.49. The van der Waals surface area contributed by atoms with E-state index in [1.54, 1.807) is 0 Å². The van der Waals surface area contributed by atoms with E-state index in [9.17, 15) is 0 Å². The van der Waals surface area contributed by atoms with Gasteiger partial charge in [0.15, 0.2) is 5.96 Å². The molecule has 1 saturated heterocycles. The number of aryl methyl sites for hydroxylation is 1. The maximum Gasteiger partial charge on any atom is 0.193 e. The van der Waals surface area contributed by atoms with Crippen molar-refractivity contribution in [2.24, 2.45) is 10.9 Å². The van der Waals surface area contributed by atoms with E-state index in [0.29, 0.717) is 5.92 Å². The van der Waals surface area contributed by atoms with Crippen molar-refractivity contribution >= 4 is 17.3 Å². The van der Waals surface area contributed by atoms with Gasteiger partial charge in [-0.1, -0.05) is 35.9 Å². The number of nitrogens with zero attached hydrogens (tertiary/aromatic N) is 2. The molecule has 1 aliphatic rings. The van der Waals surface area contributed by atoms with Crippen LogP contribution in [0.5, 0.6) is 0 Å². The van der Waals surface area contributed by atoms with E-state index >= 15 is 0 Å². The van der Waals surface area contributed by atoms with E-state index in [1.807, 2.05) is 11.3 Å². The van der Waals surface area contributed by atoms with Crippen LogP contribution >= 0.6 is 11.3 Å². The van der Waals surface area contributed by atoms with Crippen molar-refractivity contribution in [1.29, 1.82) is 0 Å². The molecule has 0 saturated carbocycles. The van der Waals surface area contributed by atoms with Crippen LogP contribution in [0, 0.1) is 12.8 Å². The summed E-state index contributed by atoms with van der Waals surface area (Å²) >= 11 is 1.82. The van der Waals surface area contributed by atoms with Crippen molar-refractivity contribution in [3.8, 4) is 0 Å². The zero-order chi connectivity index (χ0) is 19.8. The third kappa shape index (κ3) is 5.82. The van der Waals surface area contributed by atoms with Gasteiger partial charge >= 0.3 is 0 Å². The van der Waals surface area contributed by atoms with Crippen LogP contribution < -0.4 is 5.32 Å². The number of benzene rings is 1.